The van der Waals surface area contributed by atoms with Crippen molar-refractivity contribution in [2.45, 2.75) is 46.5 Å². The minimum atomic E-state index is -1.16. The van der Waals surface area contributed by atoms with Crippen molar-refractivity contribution in [2.24, 2.45) is 5.41 Å². The molecule has 0 saturated heterocycles. The van der Waals surface area contributed by atoms with Gasteiger partial charge in [-0.3, -0.25) is 9.59 Å². The molecule has 0 unspecified atom stereocenters. The van der Waals surface area contributed by atoms with Crippen molar-refractivity contribution in [3.05, 3.63) is 0 Å². The molecule has 0 saturated carbocycles. The van der Waals surface area contributed by atoms with E-state index in [9.17, 15) is 9.59 Å². The lowest BCUT2D eigenvalue weighted by Gasteiger charge is -2.30. The number of carbonyl (C=O) groups excluding carboxylic acids is 2. The number of esters is 2. The highest BCUT2D eigenvalue weighted by molar-refractivity contribution is 6.00. The molecule has 0 aliphatic carbocycles. The minimum absolute atomic E-state index is 0.272. The second-order valence-corrected chi connectivity index (χ2v) is 5.18. The number of rotatable bonds is 10. The van der Waals surface area contributed by atoms with E-state index in [2.05, 4.69) is 0 Å². The highest BCUT2D eigenvalue weighted by atomic mass is 16.6. The van der Waals surface area contributed by atoms with Crippen LogP contribution in [0.15, 0.2) is 0 Å². The van der Waals surface area contributed by atoms with Crippen LogP contribution in [0.4, 0.5) is 0 Å². The lowest BCUT2D eigenvalue weighted by Crippen LogP contribution is -2.44. The molecule has 20 heavy (non-hydrogen) atoms. The Morgan fingerprint density at radius 3 is 1.80 bits per heavy atom. The van der Waals surface area contributed by atoms with Crippen molar-refractivity contribution in [1.82, 2.24) is 4.90 Å². The standard InChI is InChI=1S/C15H29NO4/c1-6-9-10-15(11-12-16(4)5,13(17)19-7-2)14(18)20-8-3/h6-12H2,1-5H3. The molecule has 0 atom stereocenters. The summed E-state index contributed by atoms with van der Waals surface area (Å²) in [6.07, 6.45) is 2.63. The fourth-order valence-corrected chi connectivity index (χ4v) is 2.05. The predicted molar refractivity (Wildman–Crippen MR) is 78.4 cm³/mol. The maximum absolute atomic E-state index is 12.4. The molecule has 0 aliphatic heterocycles. The van der Waals surface area contributed by atoms with Gasteiger partial charge in [0.05, 0.1) is 13.2 Å². The first-order valence-electron chi connectivity index (χ1n) is 7.43. The third-order valence-electron chi connectivity index (χ3n) is 3.28. The van der Waals surface area contributed by atoms with Gasteiger partial charge in [-0.15, -0.1) is 0 Å². The summed E-state index contributed by atoms with van der Waals surface area (Å²) < 4.78 is 10.3. The molecule has 0 aromatic heterocycles. The molecule has 0 aromatic rings. The van der Waals surface area contributed by atoms with Crippen molar-refractivity contribution >= 4 is 11.9 Å². The lowest BCUT2D eigenvalue weighted by molar-refractivity contribution is -0.173. The van der Waals surface area contributed by atoms with Crippen LogP contribution >= 0.6 is 0 Å². The van der Waals surface area contributed by atoms with Crippen LogP contribution in [0.5, 0.6) is 0 Å². The van der Waals surface area contributed by atoms with E-state index in [1.807, 2.05) is 25.9 Å². The molecule has 0 spiro atoms. The largest absolute Gasteiger partial charge is 0.465 e. The van der Waals surface area contributed by atoms with Crippen molar-refractivity contribution in [2.75, 3.05) is 33.9 Å². The molecule has 0 fully saturated rings. The number of nitrogens with zero attached hydrogens (tertiary/aromatic N) is 1. The van der Waals surface area contributed by atoms with Crippen molar-refractivity contribution in [1.29, 1.82) is 0 Å². The summed E-state index contributed by atoms with van der Waals surface area (Å²) in [5.41, 5.74) is -1.16. The average Bonchev–Trinajstić information content (AvgIpc) is 2.39. The van der Waals surface area contributed by atoms with E-state index >= 15 is 0 Å². The van der Waals surface area contributed by atoms with E-state index < -0.39 is 17.4 Å². The van der Waals surface area contributed by atoms with Crippen LogP contribution in [0.3, 0.4) is 0 Å². The van der Waals surface area contributed by atoms with E-state index in [4.69, 9.17) is 9.47 Å². The minimum Gasteiger partial charge on any atom is -0.465 e. The highest BCUT2D eigenvalue weighted by Gasteiger charge is 2.47. The van der Waals surface area contributed by atoms with Crippen molar-refractivity contribution in [3.8, 4) is 0 Å². The van der Waals surface area contributed by atoms with Crippen LogP contribution < -0.4 is 0 Å². The Morgan fingerprint density at radius 1 is 0.950 bits per heavy atom. The topological polar surface area (TPSA) is 55.8 Å². The van der Waals surface area contributed by atoms with E-state index in [0.29, 0.717) is 19.4 Å². The van der Waals surface area contributed by atoms with Crippen LogP contribution in [-0.2, 0) is 19.1 Å². The van der Waals surface area contributed by atoms with E-state index in [0.717, 1.165) is 12.8 Å². The third-order valence-corrected chi connectivity index (χ3v) is 3.28. The van der Waals surface area contributed by atoms with E-state index in [1.54, 1.807) is 13.8 Å². The summed E-state index contributed by atoms with van der Waals surface area (Å²) in [7, 11) is 3.84. The Labute approximate surface area is 122 Å². The van der Waals surface area contributed by atoms with Crippen LogP contribution in [0, 0.1) is 5.41 Å². The first-order valence-corrected chi connectivity index (χ1v) is 7.43. The van der Waals surface area contributed by atoms with Crippen LogP contribution in [-0.4, -0.2) is 50.7 Å². The second kappa shape index (κ2) is 9.75. The zero-order chi connectivity index (χ0) is 15.6. The summed E-state index contributed by atoms with van der Waals surface area (Å²) >= 11 is 0. The second-order valence-electron chi connectivity index (χ2n) is 5.18. The first kappa shape index (κ1) is 18.9. The van der Waals surface area contributed by atoms with Gasteiger partial charge in [-0.05, 0) is 47.3 Å². The van der Waals surface area contributed by atoms with Gasteiger partial charge in [0, 0.05) is 0 Å². The van der Waals surface area contributed by atoms with E-state index in [1.165, 1.54) is 0 Å². The highest BCUT2D eigenvalue weighted by Crippen LogP contribution is 2.33. The summed E-state index contributed by atoms with van der Waals surface area (Å²) in [6, 6.07) is 0. The molecule has 0 amide bonds. The van der Waals surface area contributed by atoms with Gasteiger partial charge in [0.2, 0.25) is 0 Å². The Bertz CT molecular complexity index is 284. The van der Waals surface area contributed by atoms with Gasteiger partial charge in [-0.2, -0.15) is 0 Å². The summed E-state index contributed by atoms with van der Waals surface area (Å²) in [4.78, 5) is 26.7. The van der Waals surface area contributed by atoms with Gasteiger partial charge in [0.15, 0.2) is 5.41 Å². The van der Waals surface area contributed by atoms with Gasteiger partial charge in [0.1, 0.15) is 0 Å². The first-order chi connectivity index (χ1) is 9.44. The van der Waals surface area contributed by atoms with E-state index in [-0.39, 0.29) is 13.2 Å². The van der Waals surface area contributed by atoms with Gasteiger partial charge in [-0.25, -0.2) is 0 Å². The molecule has 0 rings (SSSR count). The Balaban J connectivity index is 5.25. The third kappa shape index (κ3) is 5.49. The smallest absolute Gasteiger partial charge is 0.323 e. The molecule has 118 valence electrons. The monoisotopic (exact) mass is 287 g/mol. The van der Waals surface area contributed by atoms with Crippen LogP contribution in [0.1, 0.15) is 46.5 Å². The van der Waals surface area contributed by atoms with Crippen molar-refractivity contribution in [3.63, 3.8) is 0 Å². The Hall–Kier alpha value is -1.10. The number of ether oxygens (including phenoxy) is 2. The number of carbonyl (C=O) groups is 2. The molecule has 0 bridgehead atoms. The number of hydrogen-bond acceptors (Lipinski definition) is 5. The predicted octanol–water partition coefficient (Wildman–Crippen LogP) is 2.24. The van der Waals surface area contributed by atoms with Crippen LogP contribution in [0.2, 0.25) is 0 Å². The summed E-state index contributed by atoms with van der Waals surface area (Å²) in [6.45, 7) is 6.72. The lowest BCUT2D eigenvalue weighted by atomic mass is 9.79. The van der Waals surface area contributed by atoms with Gasteiger partial charge in [-0.1, -0.05) is 19.8 Å². The fraction of sp³-hybridized carbons (Fsp3) is 0.867. The molecule has 0 radical (unpaired) electrons. The zero-order valence-electron chi connectivity index (χ0n) is 13.5. The maximum Gasteiger partial charge on any atom is 0.323 e. The molecule has 0 aromatic carbocycles. The Morgan fingerprint density at radius 2 is 1.45 bits per heavy atom. The molecule has 5 heteroatoms. The maximum atomic E-state index is 12.4. The van der Waals surface area contributed by atoms with Crippen molar-refractivity contribution < 1.29 is 19.1 Å². The Kier molecular flexibility index (Phi) is 9.21. The summed E-state index contributed by atoms with van der Waals surface area (Å²) in [5.74, 6) is -0.900. The van der Waals surface area contributed by atoms with Gasteiger partial charge >= 0.3 is 11.9 Å². The van der Waals surface area contributed by atoms with Gasteiger partial charge < -0.3 is 14.4 Å². The molecule has 0 N–H and O–H groups in total. The molecular weight excluding hydrogens is 258 g/mol. The zero-order valence-corrected chi connectivity index (χ0v) is 13.5. The quantitative estimate of drug-likeness (QED) is 0.455. The SMILES string of the molecule is CCCCC(CCN(C)C)(C(=O)OCC)C(=O)OCC. The molecule has 5 nitrogen and oxygen atoms in total. The molecule has 0 heterocycles. The molecule has 0 aliphatic rings. The number of unbranched alkanes of at least 4 members (excludes halogenated alkanes) is 1. The average molecular weight is 287 g/mol. The summed E-state index contributed by atoms with van der Waals surface area (Å²) in [5, 5.41) is 0. The fourth-order valence-electron chi connectivity index (χ4n) is 2.05. The molecular formula is C15H29NO4. The van der Waals surface area contributed by atoms with Crippen LogP contribution in [0.25, 0.3) is 0 Å². The normalized spacial score (nSPS) is 11.5. The van der Waals surface area contributed by atoms with Gasteiger partial charge in [0.25, 0.3) is 0 Å². The number of hydrogen-bond donors (Lipinski definition) is 0.